The fourth-order valence-electron chi connectivity index (χ4n) is 0.715. The molecule has 1 amide bonds. The number of phenolic OH excluding ortho intramolecular Hbond substituents is 1. The van der Waals surface area contributed by atoms with Crippen LogP contribution in [-0.2, 0) is 0 Å². The Morgan fingerprint density at radius 3 is 2.64 bits per heavy atom. The summed E-state index contributed by atoms with van der Waals surface area (Å²) >= 11 is 0. The molecule has 1 aromatic carbocycles. The molecule has 0 atom stereocenters. The van der Waals surface area contributed by atoms with Crippen molar-refractivity contribution in [2.75, 3.05) is 0 Å². The van der Waals surface area contributed by atoms with Gasteiger partial charge in [0.2, 0.25) is 5.91 Å². The molecule has 0 unspecified atom stereocenters. The van der Waals surface area contributed by atoms with Crippen molar-refractivity contribution >= 4 is 5.91 Å². The lowest BCUT2D eigenvalue weighted by molar-refractivity contribution is -0.268. The highest BCUT2D eigenvalue weighted by Crippen LogP contribution is 2.18. The lowest BCUT2D eigenvalue weighted by atomic mass is 10.2. The first kappa shape index (κ1) is 7.40. The number of benzene rings is 1. The summed E-state index contributed by atoms with van der Waals surface area (Å²) in [6.45, 7) is 0. The number of phenols is 1. The van der Waals surface area contributed by atoms with E-state index in [0.29, 0.717) is 0 Å². The van der Waals surface area contributed by atoms with Gasteiger partial charge < -0.3 is 15.9 Å². The Bertz CT molecular complexity index is 296. The van der Waals surface area contributed by atoms with Gasteiger partial charge in [0.05, 0.1) is 0 Å². The van der Waals surface area contributed by atoms with Crippen LogP contribution in [0.1, 0.15) is 10.4 Å². The fourth-order valence-corrected chi connectivity index (χ4v) is 0.715. The second kappa shape index (κ2) is 2.49. The lowest BCUT2D eigenvalue weighted by Gasteiger charge is -2.09. The van der Waals surface area contributed by atoms with Gasteiger partial charge in [-0.15, -0.1) is 0 Å². The van der Waals surface area contributed by atoms with Gasteiger partial charge in [-0.2, -0.15) is 0 Å². The second-order valence-electron chi connectivity index (χ2n) is 2.04. The van der Waals surface area contributed by atoms with E-state index in [4.69, 9.17) is 10.8 Å². The molecule has 58 valence electrons. The van der Waals surface area contributed by atoms with Crippen LogP contribution in [0.5, 0.6) is 11.5 Å². The number of hydrogen-bond acceptors (Lipinski definition) is 3. The van der Waals surface area contributed by atoms with E-state index in [-0.39, 0.29) is 11.3 Å². The Hall–Kier alpha value is -1.71. The first-order valence-corrected chi connectivity index (χ1v) is 2.91. The molecule has 0 aliphatic heterocycles. The molecule has 0 aliphatic carbocycles. The predicted molar refractivity (Wildman–Crippen MR) is 36.1 cm³/mol. The van der Waals surface area contributed by atoms with Gasteiger partial charge in [0.15, 0.2) is 0 Å². The number of hydrogen-bond donors (Lipinski definition) is 2. The topological polar surface area (TPSA) is 86.4 Å². The Kier molecular flexibility index (Phi) is 1.68. The lowest BCUT2D eigenvalue weighted by Crippen LogP contribution is -2.13. The third-order valence-electron chi connectivity index (χ3n) is 1.23. The second-order valence-corrected chi connectivity index (χ2v) is 2.04. The summed E-state index contributed by atoms with van der Waals surface area (Å²) in [4.78, 5) is 10.5. The summed E-state index contributed by atoms with van der Waals surface area (Å²) in [6.07, 6.45) is 0. The van der Waals surface area contributed by atoms with E-state index in [1.807, 2.05) is 0 Å². The van der Waals surface area contributed by atoms with Crippen LogP contribution in [-0.4, -0.2) is 11.0 Å². The highest BCUT2D eigenvalue weighted by molar-refractivity contribution is 5.95. The van der Waals surface area contributed by atoms with Crippen LogP contribution < -0.4 is 10.8 Å². The van der Waals surface area contributed by atoms with Gasteiger partial charge in [0, 0.05) is 5.56 Å². The van der Waals surface area contributed by atoms with Crippen LogP contribution in [0.4, 0.5) is 0 Å². The fraction of sp³-hybridized carbons (Fsp3) is 0. The van der Waals surface area contributed by atoms with Crippen molar-refractivity contribution in [2.24, 2.45) is 5.73 Å². The summed E-state index contributed by atoms with van der Waals surface area (Å²) in [5.74, 6) is -1.51. The van der Waals surface area contributed by atoms with E-state index in [1.54, 1.807) is 0 Å². The van der Waals surface area contributed by atoms with Gasteiger partial charge >= 0.3 is 0 Å². The summed E-state index contributed by atoms with van der Waals surface area (Å²) in [7, 11) is 0. The van der Waals surface area contributed by atoms with Crippen molar-refractivity contribution in [2.45, 2.75) is 0 Å². The molecule has 1 aromatic rings. The molecule has 0 heterocycles. The molecule has 3 N–H and O–H groups in total. The molecular weight excluding hydrogens is 146 g/mol. The molecule has 0 bridgehead atoms. The van der Waals surface area contributed by atoms with E-state index in [9.17, 15) is 9.90 Å². The van der Waals surface area contributed by atoms with Gasteiger partial charge in [-0.3, -0.25) is 4.79 Å². The number of aromatic hydroxyl groups is 1. The largest absolute Gasteiger partial charge is 0.872 e. The minimum absolute atomic E-state index is 0.109. The first-order valence-electron chi connectivity index (χ1n) is 2.91. The molecule has 0 aliphatic rings. The monoisotopic (exact) mass is 152 g/mol. The molecule has 11 heavy (non-hydrogen) atoms. The van der Waals surface area contributed by atoms with E-state index in [0.717, 1.165) is 6.07 Å². The predicted octanol–water partition coefficient (Wildman–Crippen LogP) is -0.435. The highest BCUT2D eigenvalue weighted by atomic mass is 16.3. The summed E-state index contributed by atoms with van der Waals surface area (Å²) in [5, 5.41) is 19.6. The Morgan fingerprint density at radius 2 is 2.18 bits per heavy atom. The molecule has 0 fully saturated rings. The highest BCUT2D eigenvalue weighted by Gasteiger charge is 2.00. The Labute approximate surface area is 62.9 Å². The van der Waals surface area contributed by atoms with E-state index in [1.165, 1.54) is 12.1 Å². The quantitative estimate of drug-likeness (QED) is 0.572. The van der Waals surface area contributed by atoms with Crippen molar-refractivity contribution in [1.29, 1.82) is 0 Å². The summed E-state index contributed by atoms with van der Waals surface area (Å²) in [5.41, 5.74) is 4.74. The molecule has 0 radical (unpaired) electrons. The van der Waals surface area contributed by atoms with Crippen LogP contribution in [0.2, 0.25) is 0 Å². The van der Waals surface area contributed by atoms with Crippen LogP contribution in [0.15, 0.2) is 18.2 Å². The molecule has 0 saturated heterocycles. The van der Waals surface area contributed by atoms with Crippen molar-refractivity contribution in [3.63, 3.8) is 0 Å². The smallest absolute Gasteiger partial charge is 0.248 e. The molecule has 0 aromatic heterocycles. The van der Waals surface area contributed by atoms with Gasteiger partial charge in [-0.05, 0) is 18.2 Å². The van der Waals surface area contributed by atoms with Crippen LogP contribution in [0, 0.1) is 0 Å². The number of rotatable bonds is 1. The van der Waals surface area contributed by atoms with Gasteiger partial charge in [0.1, 0.15) is 5.75 Å². The van der Waals surface area contributed by atoms with Crippen LogP contribution in [0.3, 0.4) is 0 Å². The number of primary amides is 1. The molecule has 0 saturated carbocycles. The standard InChI is InChI=1S/C7H7NO3/c8-7(11)5-2-1-4(9)3-6(5)10/h1-3,9-10H,(H2,8,11)/p-1. The SMILES string of the molecule is NC(=O)c1ccc(O)cc1[O-]. The molecule has 4 heteroatoms. The van der Waals surface area contributed by atoms with Crippen LogP contribution >= 0.6 is 0 Å². The maximum atomic E-state index is 10.8. The Balaban J connectivity index is 3.20. The normalized spacial score (nSPS) is 9.45. The van der Waals surface area contributed by atoms with E-state index in [2.05, 4.69) is 0 Å². The van der Waals surface area contributed by atoms with E-state index >= 15 is 0 Å². The van der Waals surface area contributed by atoms with Crippen LogP contribution in [0.25, 0.3) is 0 Å². The van der Waals surface area contributed by atoms with Crippen molar-refractivity contribution < 1.29 is 15.0 Å². The molecule has 0 spiro atoms. The average Bonchev–Trinajstić information content (AvgIpc) is 1.85. The summed E-state index contributed by atoms with van der Waals surface area (Å²) < 4.78 is 0. The van der Waals surface area contributed by atoms with Gasteiger partial charge in [0.25, 0.3) is 0 Å². The minimum atomic E-state index is -0.782. The maximum absolute atomic E-state index is 10.8. The zero-order chi connectivity index (χ0) is 8.43. The molecule has 4 nitrogen and oxygen atoms in total. The third kappa shape index (κ3) is 1.40. The Morgan fingerprint density at radius 1 is 1.55 bits per heavy atom. The zero-order valence-corrected chi connectivity index (χ0v) is 5.57. The number of nitrogens with two attached hydrogens (primary N) is 1. The maximum Gasteiger partial charge on any atom is 0.248 e. The van der Waals surface area contributed by atoms with Gasteiger partial charge in [-0.1, -0.05) is 5.75 Å². The number of carbonyl (C=O) groups is 1. The summed E-state index contributed by atoms with van der Waals surface area (Å²) in [6, 6.07) is 3.38. The van der Waals surface area contributed by atoms with E-state index < -0.39 is 11.7 Å². The first-order chi connectivity index (χ1) is 5.11. The average molecular weight is 152 g/mol. The van der Waals surface area contributed by atoms with Crippen molar-refractivity contribution in [3.8, 4) is 11.5 Å². The van der Waals surface area contributed by atoms with Gasteiger partial charge in [-0.25, -0.2) is 0 Å². The zero-order valence-electron chi connectivity index (χ0n) is 5.57. The third-order valence-corrected chi connectivity index (χ3v) is 1.23. The van der Waals surface area contributed by atoms with Crippen molar-refractivity contribution in [3.05, 3.63) is 23.8 Å². The van der Waals surface area contributed by atoms with Crippen molar-refractivity contribution in [1.82, 2.24) is 0 Å². The molecular formula is C7H6NO3-. The number of amides is 1. The number of carbonyl (C=O) groups excluding carboxylic acids is 1. The molecule has 1 rings (SSSR count). The minimum Gasteiger partial charge on any atom is -0.872 e.